The van der Waals surface area contributed by atoms with Gasteiger partial charge in [0.2, 0.25) is 0 Å². The molecule has 0 aliphatic heterocycles. The normalized spacial score (nSPS) is 12.7. The number of halogens is 1. The van der Waals surface area contributed by atoms with E-state index >= 15 is 0 Å². The molecule has 0 saturated carbocycles. The highest BCUT2D eigenvalue weighted by atomic mass is 35.5. The molecule has 0 spiro atoms. The first-order valence-electron chi connectivity index (χ1n) is 8.30. The number of hydrogen-bond donors (Lipinski definition) is 1. The molecule has 1 rings (SSSR count). The van der Waals surface area contributed by atoms with E-state index in [2.05, 4.69) is 38.7 Å². The molecule has 1 aromatic carbocycles. The van der Waals surface area contributed by atoms with Crippen molar-refractivity contribution in [3.05, 3.63) is 28.8 Å². The van der Waals surface area contributed by atoms with Crippen LogP contribution in [0.5, 0.6) is 0 Å². The Balaban J connectivity index is 3.04. The molecule has 3 heteroatoms. The third-order valence-electron chi connectivity index (χ3n) is 3.99. The Labute approximate surface area is 135 Å². The van der Waals surface area contributed by atoms with Crippen LogP contribution in [0.3, 0.4) is 0 Å². The van der Waals surface area contributed by atoms with Crippen molar-refractivity contribution < 1.29 is 0 Å². The van der Waals surface area contributed by atoms with Gasteiger partial charge < -0.3 is 10.6 Å². The second kappa shape index (κ2) is 9.32. The molecule has 0 aliphatic rings. The van der Waals surface area contributed by atoms with Gasteiger partial charge in [0.05, 0.1) is 10.7 Å². The standard InChI is InChI=1S/C18H31ClN2/c1-5-7-8-12-21(14(3)4)18-15(13-16(20)6-2)10-9-11-17(18)19/h9-11,14,16H,5-8,12-13,20H2,1-4H3. The van der Waals surface area contributed by atoms with Gasteiger partial charge in [0.1, 0.15) is 0 Å². The van der Waals surface area contributed by atoms with E-state index in [4.69, 9.17) is 17.3 Å². The summed E-state index contributed by atoms with van der Waals surface area (Å²) in [6.45, 7) is 9.90. The van der Waals surface area contributed by atoms with Crippen LogP contribution in [-0.4, -0.2) is 18.6 Å². The van der Waals surface area contributed by atoms with Crippen LogP contribution >= 0.6 is 11.6 Å². The van der Waals surface area contributed by atoms with Gasteiger partial charge >= 0.3 is 0 Å². The Bertz CT molecular complexity index is 418. The van der Waals surface area contributed by atoms with Crippen molar-refractivity contribution in [2.45, 2.75) is 71.9 Å². The Morgan fingerprint density at radius 2 is 1.90 bits per heavy atom. The van der Waals surface area contributed by atoms with Crippen LogP contribution in [-0.2, 0) is 6.42 Å². The van der Waals surface area contributed by atoms with Crippen LogP contribution in [0.4, 0.5) is 5.69 Å². The molecule has 0 heterocycles. The van der Waals surface area contributed by atoms with E-state index < -0.39 is 0 Å². The second-order valence-electron chi connectivity index (χ2n) is 6.11. The van der Waals surface area contributed by atoms with Crippen molar-refractivity contribution in [3.63, 3.8) is 0 Å². The predicted molar refractivity (Wildman–Crippen MR) is 95.4 cm³/mol. The van der Waals surface area contributed by atoms with Gasteiger partial charge in [-0.25, -0.2) is 0 Å². The number of anilines is 1. The van der Waals surface area contributed by atoms with Crippen molar-refractivity contribution in [1.82, 2.24) is 0 Å². The van der Waals surface area contributed by atoms with Crippen molar-refractivity contribution in [2.24, 2.45) is 5.73 Å². The maximum absolute atomic E-state index is 6.53. The van der Waals surface area contributed by atoms with E-state index in [1.54, 1.807) is 0 Å². The molecule has 0 radical (unpaired) electrons. The summed E-state index contributed by atoms with van der Waals surface area (Å²) in [5, 5.41) is 0.848. The smallest absolute Gasteiger partial charge is 0.0642 e. The van der Waals surface area contributed by atoms with Gasteiger partial charge in [-0.3, -0.25) is 0 Å². The minimum Gasteiger partial charge on any atom is -0.368 e. The van der Waals surface area contributed by atoms with E-state index in [1.807, 2.05) is 12.1 Å². The van der Waals surface area contributed by atoms with Crippen LogP contribution in [0.25, 0.3) is 0 Å². The summed E-state index contributed by atoms with van der Waals surface area (Å²) >= 11 is 6.53. The summed E-state index contributed by atoms with van der Waals surface area (Å²) in [4.78, 5) is 2.44. The van der Waals surface area contributed by atoms with Gasteiger partial charge in [0.15, 0.2) is 0 Å². The van der Waals surface area contributed by atoms with Gasteiger partial charge in [0, 0.05) is 18.6 Å². The first kappa shape index (κ1) is 18.3. The molecular weight excluding hydrogens is 280 g/mol. The number of nitrogens with two attached hydrogens (primary N) is 1. The first-order chi connectivity index (χ1) is 10.0. The number of rotatable bonds is 9. The zero-order valence-electron chi connectivity index (χ0n) is 14.0. The maximum atomic E-state index is 6.53. The van der Waals surface area contributed by atoms with E-state index in [9.17, 15) is 0 Å². The Morgan fingerprint density at radius 3 is 2.48 bits per heavy atom. The predicted octanol–water partition coefficient (Wildman–Crippen LogP) is 5.02. The summed E-state index contributed by atoms with van der Waals surface area (Å²) in [5.41, 5.74) is 8.63. The SMILES string of the molecule is CCCCCN(c1c(Cl)cccc1CC(N)CC)C(C)C. The molecule has 0 aromatic heterocycles. The van der Waals surface area contributed by atoms with Crippen LogP contribution < -0.4 is 10.6 Å². The molecule has 2 N–H and O–H groups in total. The van der Waals surface area contributed by atoms with Crippen LogP contribution in [0, 0.1) is 0 Å². The van der Waals surface area contributed by atoms with Crippen LogP contribution in [0.1, 0.15) is 58.9 Å². The number of hydrogen-bond acceptors (Lipinski definition) is 2. The van der Waals surface area contributed by atoms with Gasteiger partial charge in [-0.2, -0.15) is 0 Å². The molecular formula is C18H31ClN2. The van der Waals surface area contributed by atoms with Crippen LogP contribution in [0.15, 0.2) is 18.2 Å². The number of nitrogens with zero attached hydrogens (tertiary/aromatic N) is 1. The van der Waals surface area contributed by atoms with Gasteiger partial charge in [0.25, 0.3) is 0 Å². The first-order valence-corrected chi connectivity index (χ1v) is 8.68. The molecule has 0 amide bonds. The van der Waals surface area contributed by atoms with Crippen molar-refractivity contribution in [3.8, 4) is 0 Å². The summed E-state index contributed by atoms with van der Waals surface area (Å²) in [5.74, 6) is 0. The highest BCUT2D eigenvalue weighted by Crippen LogP contribution is 2.32. The minimum atomic E-state index is 0.201. The van der Waals surface area contributed by atoms with Gasteiger partial charge in [-0.05, 0) is 44.7 Å². The Kier molecular flexibility index (Phi) is 8.13. The zero-order valence-corrected chi connectivity index (χ0v) is 14.8. The quantitative estimate of drug-likeness (QED) is 0.648. The third kappa shape index (κ3) is 5.52. The monoisotopic (exact) mass is 310 g/mol. The lowest BCUT2D eigenvalue weighted by atomic mass is 10.0. The molecule has 0 saturated heterocycles. The lowest BCUT2D eigenvalue weighted by Gasteiger charge is -2.32. The van der Waals surface area contributed by atoms with Gasteiger partial charge in [-0.15, -0.1) is 0 Å². The van der Waals surface area contributed by atoms with Crippen molar-refractivity contribution in [1.29, 1.82) is 0 Å². The molecule has 0 fully saturated rings. The summed E-state index contributed by atoms with van der Waals surface area (Å²) < 4.78 is 0. The Hall–Kier alpha value is -0.730. The van der Waals surface area contributed by atoms with E-state index in [0.29, 0.717) is 6.04 Å². The second-order valence-corrected chi connectivity index (χ2v) is 6.52. The number of para-hydroxylation sites is 1. The van der Waals surface area contributed by atoms with Crippen molar-refractivity contribution in [2.75, 3.05) is 11.4 Å². The molecule has 1 atom stereocenters. The van der Waals surface area contributed by atoms with E-state index in [-0.39, 0.29) is 6.04 Å². The highest BCUT2D eigenvalue weighted by Gasteiger charge is 2.18. The molecule has 2 nitrogen and oxygen atoms in total. The summed E-state index contributed by atoms with van der Waals surface area (Å²) in [7, 11) is 0. The Morgan fingerprint density at radius 1 is 1.19 bits per heavy atom. The summed E-state index contributed by atoms with van der Waals surface area (Å²) in [6, 6.07) is 6.85. The number of unbranched alkanes of at least 4 members (excludes halogenated alkanes) is 2. The molecule has 0 bridgehead atoms. The highest BCUT2D eigenvalue weighted by molar-refractivity contribution is 6.33. The van der Waals surface area contributed by atoms with Crippen molar-refractivity contribution >= 4 is 17.3 Å². The molecule has 120 valence electrons. The molecule has 0 aliphatic carbocycles. The minimum absolute atomic E-state index is 0.201. The van der Waals surface area contributed by atoms with Gasteiger partial charge in [-0.1, -0.05) is 50.4 Å². The zero-order chi connectivity index (χ0) is 15.8. The lowest BCUT2D eigenvalue weighted by Crippen LogP contribution is -2.33. The van der Waals surface area contributed by atoms with Crippen LogP contribution in [0.2, 0.25) is 5.02 Å². The van der Waals surface area contributed by atoms with E-state index in [1.165, 1.54) is 30.5 Å². The third-order valence-corrected chi connectivity index (χ3v) is 4.29. The largest absolute Gasteiger partial charge is 0.368 e. The molecule has 1 aromatic rings. The summed E-state index contributed by atoms with van der Waals surface area (Å²) in [6.07, 6.45) is 5.59. The molecule has 21 heavy (non-hydrogen) atoms. The fourth-order valence-corrected chi connectivity index (χ4v) is 2.94. The molecule has 1 unspecified atom stereocenters. The van der Waals surface area contributed by atoms with E-state index in [0.717, 1.165) is 24.4 Å². The number of benzene rings is 1. The fraction of sp³-hybridized carbons (Fsp3) is 0.667. The average Bonchev–Trinajstić information content (AvgIpc) is 2.44. The lowest BCUT2D eigenvalue weighted by molar-refractivity contribution is 0.613. The topological polar surface area (TPSA) is 29.3 Å². The average molecular weight is 311 g/mol. The fourth-order valence-electron chi connectivity index (χ4n) is 2.63. The maximum Gasteiger partial charge on any atom is 0.0642 e.